The molecule has 4 aromatic rings. The minimum Gasteiger partial charge on any atom is -0.474 e. The summed E-state index contributed by atoms with van der Waals surface area (Å²) in [5.41, 5.74) is 2.46. The number of carbonyl (C=O) groups is 1. The lowest BCUT2D eigenvalue weighted by Crippen LogP contribution is -2.23. The normalized spacial score (nSPS) is 14.1. The number of aryl methyl sites for hydroxylation is 1. The molecule has 0 bridgehead atoms. The van der Waals surface area contributed by atoms with E-state index in [1.54, 1.807) is 29.3 Å². The maximum absolute atomic E-state index is 13.0. The van der Waals surface area contributed by atoms with E-state index >= 15 is 0 Å². The Bertz CT molecular complexity index is 1250. The molecule has 1 saturated carbocycles. The number of thioether (sulfide) groups is 1. The number of hydrogen-bond acceptors (Lipinski definition) is 8. The van der Waals surface area contributed by atoms with E-state index in [0.717, 1.165) is 38.7 Å². The van der Waals surface area contributed by atoms with Crippen molar-refractivity contribution in [2.75, 3.05) is 0 Å². The molecule has 0 aliphatic heterocycles. The van der Waals surface area contributed by atoms with Crippen LogP contribution in [0.1, 0.15) is 52.4 Å². The zero-order chi connectivity index (χ0) is 22.6. The maximum Gasteiger partial charge on any atom is 0.287 e. The molecule has 5 rings (SSSR count). The van der Waals surface area contributed by atoms with Gasteiger partial charge in [0, 0.05) is 35.5 Å². The average Bonchev–Trinajstić information content (AvgIpc) is 3.57. The van der Waals surface area contributed by atoms with Crippen molar-refractivity contribution in [3.63, 3.8) is 0 Å². The van der Waals surface area contributed by atoms with E-state index in [1.165, 1.54) is 12.8 Å². The van der Waals surface area contributed by atoms with E-state index in [1.807, 2.05) is 43.3 Å². The van der Waals surface area contributed by atoms with Gasteiger partial charge in [-0.1, -0.05) is 47.4 Å². The first-order valence-corrected chi connectivity index (χ1v) is 12.8. The number of aromatic nitrogens is 3. The molecule has 0 atom stereocenters. The Labute approximate surface area is 200 Å². The van der Waals surface area contributed by atoms with Crippen molar-refractivity contribution in [3.8, 4) is 5.88 Å². The van der Waals surface area contributed by atoms with Crippen LogP contribution in [0.3, 0.4) is 0 Å². The molecule has 0 radical (unpaired) electrons. The van der Waals surface area contributed by atoms with Gasteiger partial charge in [0.1, 0.15) is 16.7 Å². The summed E-state index contributed by atoms with van der Waals surface area (Å²) < 4.78 is 12.7. The van der Waals surface area contributed by atoms with Gasteiger partial charge in [-0.3, -0.25) is 4.79 Å². The molecule has 7 nitrogen and oxygen atoms in total. The molecule has 0 spiro atoms. The molecule has 1 aliphatic rings. The largest absolute Gasteiger partial charge is 0.474 e. The molecule has 1 aliphatic carbocycles. The summed E-state index contributed by atoms with van der Waals surface area (Å²) in [6.07, 6.45) is 6.65. The summed E-state index contributed by atoms with van der Waals surface area (Å²) >= 11 is 3.10. The number of pyridine rings is 1. The first-order chi connectivity index (χ1) is 16.2. The number of benzene rings is 1. The van der Waals surface area contributed by atoms with Crippen molar-refractivity contribution in [3.05, 3.63) is 64.5 Å². The number of furan rings is 1. The van der Waals surface area contributed by atoms with Crippen LogP contribution < -0.4 is 10.1 Å². The number of nitrogens with one attached hydrogen (secondary N) is 1. The number of hydrogen-bond donors (Lipinski definition) is 1. The molecule has 170 valence electrons. The second-order valence-corrected chi connectivity index (χ2v) is 10.4. The second kappa shape index (κ2) is 9.93. The lowest BCUT2D eigenvalue weighted by molar-refractivity contribution is 0.0924. The van der Waals surface area contributed by atoms with Gasteiger partial charge in [0.15, 0.2) is 10.1 Å². The summed E-state index contributed by atoms with van der Waals surface area (Å²) in [4.78, 5) is 17.4. The summed E-state index contributed by atoms with van der Waals surface area (Å²) in [6, 6.07) is 11.5. The summed E-state index contributed by atoms with van der Waals surface area (Å²) in [7, 11) is 0. The van der Waals surface area contributed by atoms with Crippen LogP contribution in [0.2, 0.25) is 0 Å². The summed E-state index contributed by atoms with van der Waals surface area (Å²) in [5, 5.41) is 13.0. The van der Waals surface area contributed by atoms with E-state index in [0.29, 0.717) is 29.5 Å². The third-order valence-electron chi connectivity index (χ3n) is 5.59. The van der Waals surface area contributed by atoms with Gasteiger partial charge in [-0.2, -0.15) is 0 Å². The molecule has 9 heteroatoms. The second-order valence-electron chi connectivity index (χ2n) is 7.99. The fraction of sp³-hybridized carbons (Fsp3) is 0.333. The smallest absolute Gasteiger partial charge is 0.287 e. The van der Waals surface area contributed by atoms with Crippen molar-refractivity contribution in [1.82, 2.24) is 20.5 Å². The Morgan fingerprint density at radius 1 is 1.21 bits per heavy atom. The Morgan fingerprint density at radius 3 is 2.82 bits per heavy atom. The maximum atomic E-state index is 13.0. The van der Waals surface area contributed by atoms with Crippen molar-refractivity contribution in [2.24, 2.45) is 0 Å². The Morgan fingerprint density at radius 2 is 2.06 bits per heavy atom. The standard InChI is InChI=1S/C24H24N4O3S2/c1-15-27-28-24(33-15)32-14-19-18-8-4-5-9-20(18)31-22(19)23(29)26-13-16-10-11-21(25-12-16)30-17-6-2-3-7-17/h4-5,8-12,17H,2-3,6-7,13-14H2,1H3,(H,26,29). The monoisotopic (exact) mass is 480 g/mol. The van der Waals surface area contributed by atoms with Crippen LogP contribution in [0, 0.1) is 6.92 Å². The fourth-order valence-corrected chi connectivity index (χ4v) is 5.76. The molecular weight excluding hydrogens is 456 g/mol. The summed E-state index contributed by atoms with van der Waals surface area (Å²) in [5.74, 6) is 1.30. The lowest BCUT2D eigenvalue weighted by atomic mass is 10.1. The predicted molar refractivity (Wildman–Crippen MR) is 129 cm³/mol. The van der Waals surface area contributed by atoms with Gasteiger partial charge in [0.2, 0.25) is 5.88 Å². The van der Waals surface area contributed by atoms with Gasteiger partial charge < -0.3 is 14.5 Å². The molecule has 3 aromatic heterocycles. The number of amides is 1. The van der Waals surface area contributed by atoms with Crippen LogP contribution in [0.5, 0.6) is 5.88 Å². The minimum absolute atomic E-state index is 0.249. The van der Waals surface area contributed by atoms with Gasteiger partial charge >= 0.3 is 0 Å². The molecule has 1 fully saturated rings. The van der Waals surface area contributed by atoms with E-state index in [4.69, 9.17) is 9.15 Å². The van der Waals surface area contributed by atoms with E-state index in [9.17, 15) is 4.79 Å². The molecule has 33 heavy (non-hydrogen) atoms. The van der Waals surface area contributed by atoms with Gasteiger partial charge in [-0.15, -0.1) is 10.2 Å². The lowest BCUT2D eigenvalue weighted by Gasteiger charge is -2.12. The predicted octanol–water partition coefficient (Wildman–Crippen LogP) is 5.53. The number of rotatable bonds is 8. The highest BCUT2D eigenvalue weighted by Gasteiger charge is 2.21. The van der Waals surface area contributed by atoms with E-state index in [-0.39, 0.29) is 12.0 Å². The van der Waals surface area contributed by atoms with Crippen LogP contribution >= 0.6 is 23.1 Å². The van der Waals surface area contributed by atoms with Gasteiger partial charge in [0.05, 0.1) is 0 Å². The van der Waals surface area contributed by atoms with E-state index < -0.39 is 0 Å². The molecule has 0 unspecified atom stereocenters. The molecule has 1 amide bonds. The first-order valence-electron chi connectivity index (χ1n) is 11.0. The topological polar surface area (TPSA) is 90.1 Å². The number of para-hydroxylation sites is 1. The number of nitrogens with zero attached hydrogens (tertiary/aromatic N) is 3. The zero-order valence-corrected chi connectivity index (χ0v) is 19.9. The molecule has 1 aromatic carbocycles. The third-order valence-corrected chi connectivity index (χ3v) is 7.59. The highest BCUT2D eigenvalue weighted by molar-refractivity contribution is 8.00. The van der Waals surface area contributed by atoms with Crippen LogP contribution in [-0.4, -0.2) is 27.2 Å². The molecular formula is C24H24N4O3S2. The zero-order valence-electron chi connectivity index (χ0n) is 18.2. The summed E-state index contributed by atoms with van der Waals surface area (Å²) in [6.45, 7) is 2.28. The van der Waals surface area contributed by atoms with Crippen molar-refractivity contribution < 1.29 is 13.9 Å². The van der Waals surface area contributed by atoms with Crippen molar-refractivity contribution in [1.29, 1.82) is 0 Å². The van der Waals surface area contributed by atoms with Gasteiger partial charge in [-0.25, -0.2) is 4.98 Å². The van der Waals surface area contributed by atoms with Crippen LogP contribution in [-0.2, 0) is 12.3 Å². The highest BCUT2D eigenvalue weighted by atomic mass is 32.2. The van der Waals surface area contributed by atoms with Crippen LogP contribution in [0.15, 0.2) is 51.4 Å². The number of ether oxygens (including phenoxy) is 1. The third kappa shape index (κ3) is 5.20. The average molecular weight is 481 g/mol. The SMILES string of the molecule is Cc1nnc(SCc2c(C(=O)NCc3ccc(OC4CCCC4)nc3)oc3ccccc23)s1. The fourth-order valence-electron chi connectivity index (χ4n) is 3.92. The first kappa shape index (κ1) is 21.9. The Hall–Kier alpha value is -2.91. The van der Waals surface area contributed by atoms with Crippen molar-refractivity contribution >= 4 is 40.0 Å². The van der Waals surface area contributed by atoms with Gasteiger partial charge in [0.25, 0.3) is 5.91 Å². The minimum atomic E-state index is -0.249. The Kier molecular flexibility index (Phi) is 6.59. The molecule has 1 N–H and O–H groups in total. The van der Waals surface area contributed by atoms with Crippen molar-refractivity contribution in [2.45, 2.75) is 55.3 Å². The van der Waals surface area contributed by atoms with Gasteiger partial charge in [-0.05, 0) is 44.2 Å². The van der Waals surface area contributed by atoms with Crippen LogP contribution in [0.4, 0.5) is 0 Å². The molecule has 0 saturated heterocycles. The van der Waals surface area contributed by atoms with Crippen LogP contribution in [0.25, 0.3) is 11.0 Å². The quantitative estimate of drug-likeness (QED) is 0.332. The number of fused-ring (bicyclic) bond motifs is 1. The molecule has 3 heterocycles. The number of carbonyl (C=O) groups excluding carboxylic acids is 1. The Balaban J connectivity index is 1.26. The highest BCUT2D eigenvalue weighted by Crippen LogP contribution is 2.33. The van der Waals surface area contributed by atoms with E-state index in [2.05, 4.69) is 20.5 Å².